The van der Waals surface area contributed by atoms with E-state index in [2.05, 4.69) is 20.4 Å². The molecule has 2 aliphatic rings. The quantitative estimate of drug-likeness (QED) is 0.745. The van der Waals surface area contributed by atoms with Gasteiger partial charge in [-0.05, 0) is 43.2 Å². The monoisotopic (exact) mass is 364 g/mol. The predicted molar refractivity (Wildman–Crippen MR) is 97.0 cm³/mol. The molecule has 27 heavy (non-hydrogen) atoms. The molecule has 1 aromatic carbocycles. The molecular formula is C20H20N4O3. The summed E-state index contributed by atoms with van der Waals surface area (Å²) in [5.41, 5.74) is 2.12. The SMILES string of the molecule is c1cncc(COc2ccc(-c3noc(C4CNC5(CC5)CO4)n3)cc2)c1. The summed E-state index contributed by atoms with van der Waals surface area (Å²) in [4.78, 5) is 8.58. The maximum absolute atomic E-state index is 5.90. The fourth-order valence-corrected chi connectivity index (χ4v) is 3.14. The van der Waals surface area contributed by atoms with E-state index in [0.29, 0.717) is 31.5 Å². The largest absolute Gasteiger partial charge is 0.489 e. The minimum absolute atomic E-state index is 0.181. The van der Waals surface area contributed by atoms with Crippen molar-refractivity contribution in [3.8, 4) is 17.1 Å². The molecule has 1 saturated heterocycles. The van der Waals surface area contributed by atoms with Crippen LogP contribution in [-0.4, -0.2) is 33.8 Å². The number of aromatic nitrogens is 3. The van der Waals surface area contributed by atoms with E-state index < -0.39 is 0 Å². The van der Waals surface area contributed by atoms with Gasteiger partial charge in [0.1, 0.15) is 18.5 Å². The summed E-state index contributed by atoms with van der Waals surface area (Å²) in [7, 11) is 0. The van der Waals surface area contributed by atoms with Gasteiger partial charge >= 0.3 is 0 Å². The third-order valence-corrected chi connectivity index (χ3v) is 5.03. The lowest BCUT2D eigenvalue weighted by molar-refractivity contribution is -0.0211. The number of benzene rings is 1. The highest BCUT2D eigenvalue weighted by Gasteiger charge is 2.46. The van der Waals surface area contributed by atoms with Gasteiger partial charge in [0.25, 0.3) is 5.89 Å². The Kier molecular flexibility index (Phi) is 4.10. The molecule has 7 heteroatoms. The third kappa shape index (κ3) is 3.56. The number of nitrogens with zero attached hydrogens (tertiary/aromatic N) is 3. The van der Waals surface area contributed by atoms with Crippen molar-refractivity contribution in [2.24, 2.45) is 0 Å². The zero-order valence-electron chi connectivity index (χ0n) is 14.8. The van der Waals surface area contributed by atoms with Crippen LogP contribution in [0.2, 0.25) is 0 Å². The fraction of sp³-hybridized carbons (Fsp3) is 0.350. The van der Waals surface area contributed by atoms with E-state index in [1.165, 1.54) is 12.8 Å². The summed E-state index contributed by atoms with van der Waals surface area (Å²) in [5.74, 6) is 1.85. The van der Waals surface area contributed by atoms with Crippen LogP contribution in [0, 0.1) is 0 Å². The summed E-state index contributed by atoms with van der Waals surface area (Å²) >= 11 is 0. The first-order valence-electron chi connectivity index (χ1n) is 9.12. The molecule has 1 atom stereocenters. The van der Waals surface area contributed by atoms with Crippen LogP contribution in [-0.2, 0) is 11.3 Å². The molecule has 7 nitrogen and oxygen atoms in total. The topological polar surface area (TPSA) is 82.3 Å². The zero-order valence-corrected chi connectivity index (χ0v) is 14.8. The Balaban J connectivity index is 1.22. The van der Waals surface area contributed by atoms with E-state index >= 15 is 0 Å². The molecule has 0 bridgehead atoms. The van der Waals surface area contributed by atoms with Crippen LogP contribution in [0.3, 0.4) is 0 Å². The van der Waals surface area contributed by atoms with Crippen molar-refractivity contribution in [3.05, 3.63) is 60.2 Å². The highest BCUT2D eigenvalue weighted by Crippen LogP contribution is 2.39. The van der Waals surface area contributed by atoms with Gasteiger partial charge in [0.05, 0.1) is 6.61 Å². The molecule has 0 amide bonds. The van der Waals surface area contributed by atoms with Crippen molar-refractivity contribution in [2.45, 2.75) is 31.1 Å². The predicted octanol–water partition coefficient (Wildman–Crippen LogP) is 2.90. The molecule has 1 spiro atoms. The first-order valence-corrected chi connectivity index (χ1v) is 9.12. The van der Waals surface area contributed by atoms with Crippen LogP contribution < -0.4 is 10.1 Å². The smallest absolute Gasteiger partial charge is 0.257 e. The molecular weight excluding hydrogens is 344 g/mol. The number of pyridine rings is 1. The number of hydrogen-bond donors (Lipinski definition) is 1. The highest BCUT2D eigenvalue weighted by molar-refractivity contribution is 5.55. The Morgan fingerprint density at radius 1 is 1.19 bits per heavy atom. The second kappa shape index (κ2) is 6.75. The van der Waals surface area contributed by atoms with Crippen molar-refractivity contribution in [1.82, 2.24) is 20.4 Å². The lowest BCUT2D eigenvalue weighted by Crippen LogP contribution is -2.44. The van der Waals surface area contributed by atoms with Gasteiger partial charge in [-0.1, -0.05) is 11.2 Å². The fourth-order valence-electron chi connectivity index (χ4n) is 3.14. The van der Waals surface area contributed by atoms with Crippen molar-refractivity contribution in [3.63, 3.8) is 0 Å². The van der Waals surface area contributed by atoms with Gasteiger partial charge in [-0.15, -0.1) is 0 Å². The number of morpholine rings is 1. The molecule has 0 radical (unpaired) electrons. The van der Waals surface area contributed by atoms with E-state index in [1.54, 1.807) is 12.4 Å². The minimum Gasteiger partial charge on any atom is -0.489 e. The third-order valence-electron chi connectivity index (χ3n) is 5.03. The molecule has 5 rings (SSSR count). The normalized spacial score (nSPS) is 20.5. The summed E-state index contributed by atoms with van der Waals surface area (Å²) in [6.07, 6.45) is 5.73. The first kappa shape index (κ1) is 16.4. The minimum atomic E-state index is -0.181. The zero-order chi connectivity index (χ0) is 18.1. The summed E-state index contributed by atoms with van der Waals surface area (Å²) in [5, 5.41) is 7.62. The van der Waals surface area contributed by atoms with E-state index in [9.17, 15) is 0 Å². The van der Waals surface area contributed by atoms with E-state index in [4.69, 9.17) is 14.0 Å². The average molecular weight is 364 g/mol. The Morgan fingerprint density at radius 2 is 2.07 bits per heavy atom. The van der Waals surface area contributed by atoms with E-state index in [-0.39, 0.29) is 11.6 Å². The molecule has 3 aromatic rings. The highest BCUT2D eigenvalue weighted by atomic mass is 16.5. The molecule has 3 heterocycles. The van der Waals surface area contributed by atoms with Gasteiger partial charge in [0.2, 0.25) is 5.82 Å². The maximum atomic E-state index is 5.90. The molecule has 2 aromatic heterocycles. The van der Waals surface area contributed by atoms with E-state index in [0.717, 1.165) is 16.9 Å². The Labute approximate surface area is 156 Å². The molecule has 1 aliphatic carbocycles. The number of nitrogens with one attached hydrogen (secondary N) is 1. The summed E-state index contributed by atoms with van der Waals surface area (Å²) in [6, 6.07) is 11.5. The molecule has 138 valence electrons. The van der Waals surface area contributed by atoms with Gasteiger partial charge in [-0.25, -0.2) is 0 Å². The molecule has 1 aliphatic heterocycles. The second-order valence-electron chi connectivity index (χ2n) is 7.09. The Morgan fingerprint density at radius 3 is 2.78 bits per heavy atom. The first-order chi connectivity index (χ1) is 13.3. The van der Waals surface area contributed by atoms with Crippen LogP contribution in [0.4, 0.5) is 0 Å². The molecule has 1 saturated carbocycles. The second-order valence-corrected chi connectivity index (χ2v) is 7.09. The van der Waals surface area contributed by atoms with Crippen molar-refractivity contribution in [2.75, 3.05) is 13.2 Å². The van der Waals surface area contributed by atoms with Crippen molar-refractivity contribution >= 4 is 0 Å². The van der Waals surface area contributed by atoms with Crippen LogP contribution >= 0.6 is 0 Å². The maximum Gasteiger partial charge on any atom is 0.257 e. The number of ether oxygens (including phenoxy) is 2. The van der Waals surface area contributed by atoms with Crippen LogP contribution in [0.1, 0.15) is 30.4 Å². The van der Waals surface area contributed by atoms with Crippen LogP contribution in [0.25, 0.3) is 11.4 Å². The van der Waals surface area contributed by atoms with Crippen molar-refractivity contribution in [1.29, 1.82) is 0 Å². The van der Waals surface area contributed by atoms with Gasteiger partial charge in [0, 0.05) is 35.6 Å². The number of hydrogen-bond acceptors (Lipinski definition) is 7. The van der Waals surface area contributed by atoms with Crippen LogP contribution in [0.5, 0.6) is 5.75 Å². The van der Waals surface area contributed by atoms with Crippen LogP contribution in [0.15, 0.2) is 53.3 Å². The molecule has 2 fully saturated rings. The Hall–Kier alpha value is -2.77. The standard InChI is InChI=1S/C20H20N4O3/c1-2-14(10-21-9-1)12-25-16-5-3-15(4-6-16)18-23-19(27-24-18)17-11-22-20(7-8-20)13-26-17/h1-6,9-10,17,22H,7-8,11-13H2. The Bertz CT molecular complexity index is 896. The number of rotatable bonds is 5. The van der Waals surface area contributed by atoms with Gasteiger partial charge < -0.3 is 19.3 Å². The van der Waals surface area contributed by atoms with Gasteiger partial charge in [0.15, 0.2) is 0 Å². The molecule has 1 unspecified atom stereocenters. The lowest BCUT2D eigenvalue weighted by atomic mass is 10.2. The van der Waals surface area contributed by atoms with Crippen molar-refractivity contribution < 1.29 is 14.0 Å². The van der Waals surface area contributed by atoms with Gasteiger partial charge in [-0.2, -0.15) is 4.98 Å². The van der Waals surface area contributed by atoms with Gasteiger partial charge in [-0.3, -0.25) is 4.98 Å². The lowest BCUT2D eigenvalue weighted by Gasteiger charge is -2.28. The summed E-state index contributed by atoms with van der Waals surface area (Å²) < 4.78 is 17.1. The molecule has 1 N–H and O–H groups in total. The van der Waals surface area contributed by atoms with E-state index in [1.807, 2.05) is 36.4 Å². The summed E-state index contributed by atoms with van der Waals surface area (Å²) in [6.45, 7) is 1.90. The average Bonchev–Trinajstić information content (AvgIpc) is 3.29.